The number of rotatable bonds is 7. The lowest BCUT2D eigenvalue weighted by Gasteiger charge is -2.22. The maximum absolute atomic E-state index is 12.7. The van der Waals surface area contributed by atoms with E-state index >= 15 is 0 Å². The molecule has 0 unspecified atom stereocenters. The number of urea groups is 1. The van der Waals surface area contributed by atoms with Crippen molar-refractivity contribution in [2.24, 2.45) is 0 Å². The van der Waals surface area contributed by atoms with Crippen molar-refractivity contribution < 1.29 is 14.3 Å². The summed E-state index contributed by atoms with van der Waals surface area (Å²) in [6.45, 7) is 6.68. The minimum absolute atomic E-state index is 0.118. The number of aromatic nitrogens is 1. The molecule has 3 aromatic carbocycles. The van der Waals surface area contributed by atoms with Gasteiger partial charge < -0.3 is 20.1 Å². The van der Waals surface area contributed by atoms with Gasteiger partial charge in [0.2, 0.25) is 5.88 Å². The number of anilines is 2. The van der Waals surface area contributed by atoms with E-state index < -0.39 is 6.03 Å². The number of hydrogen-bond acceptors (Lipinski definition) is 5. The van der Waals surface area contributed by atoms with Crippen LogP contribution in [0.1, 0.15) is 37.5 Å². The lowest BCUT2D eigenvalue weighted by molar-refractivity contribution is 0.262. The zero-order valence-electron chi connectivity index (χ0n) is 21.0. The minimum atomic E-state index is -0.427. The number of carbonyl (C=O) groups excluding carboxylic acids is 1. The van der Waals surface area contributed by atoms with E-state index in [4.69, 9.17) is 14.7 Å². The van der Waals surface area contributed by atoms with Gasteiger partial charge in [0, 0.05) is 17.4 Å². The average Bonchev–Trinajstić information content (AvgIpc) is 2.89. The summed E-state index contributed by atoms with van der Waals surface area (Å²) in [6, 6.07) is 27.3. The molecule has 4 rings (SSSR count). The third kappa shape index (κ3) is 6.86. The first-order valence-corrected chi connectivity index (χ1v) is 11.8. The van der Waals surface area contributed by atoms with Crippen LogP contribution in [0.25, 0.3) is 0 Å². The molecular weight excluding hydrogens is 464 g/mol. The second-order valence-corrected chi connectivity index (χ2v) is 9.41. The van der Waals surface area contributed by atoms with Crippen LogP contribution in [0.15, 0.2) is 91.1 Å². The first-order valence-electron chi connectivity index (χ1n) is 11.8. The number of nitrogens with one attached hydrogen (secondary N) is 2. The fraction of sp³-hybridized carbons (Fsp3) is 0.167. The molecule has 1 aromatic heterocycles. The molecule has 0 aliphatic heterocycles. The van der Waals surface area contributed by atoms with Crippen LogP contribution in [0.5, 0.6) is 17.4 Å². The summed E-state index contributed by atoms with van der Waals surface area (Å²) in [7, 11) is 0. The Bertz CT molecular complexity index is 1420. The standard InChI is InChI=1S/C30H28N4O3/c1-30(2,3)25-10-4-5-12-27(25)37-28-26(11-7-17-32-28)34-29(35)33-23-13-15-24(16-14-23)36-20-22-9-6-8-21(18-22)19-31/h4-18H,20H2,1-3H3,(H2,33,34,35). The van der Waals surface area contributed by atoms with Gasteiger partial charge in [-0.3, -0.25) is 0 Å². The Kier molecular flexibility index (Phi) is 7.70. The van der Waals surface area contributed by atoms with Crippen molar-refractivity contribution in [1.82, 2.24) is 4.98 Å². The molecule has 4 aromatic rings. The Balaban J connectivity index is 1.38. The lowest BCUT2D eigenvalue weighted by atomic mass is 9.86. The van der Waals surface area contributed by atoms with Gasteiger partial charge in [0.25, 0.3) is 0 Å². The summed E-state index contributed by atoms with van der Waals surface area (Å²) in [4.78, 5) is 17.0. The number of benzene rings is 3. The molecule has 0 atom stereocenters. The van der Waals surface area contributed by atoms with Crippen molar-refractivity contribution in [2.45, 2.75) is 32.8 Å². The van der Waals surface area contributed by atoms with Crippen LogP contribution in [-0.2, 0) is 12.0 Å². The molecule has 186 valence electrons. The number of ether oxygens (including phenoxy) is 2. The van der Waals surface area contributed by atoms with E-state index in [2.05, 4.69) is 42.5 Å². The van der Waals surface area contributed by atoms with E-state index in [-0.39, 0.29) is 5.41 Å². The van der Waals surface area contributed by atoms with Crippen LogP contribution in [0.3, 0.4) is 0 Å². The fourth-order valence-corrected chi connectivity index (χ4v) is 3.66. The third-order valence-corrected chi connectivity index (χ3v) is 5.49. The van der Waals surface area contributed by atoms with Gasteiger partial charge in [-0.25, -0.2) is 9.78 Å². The third-order valence-electron chi connectivity index (χ3n) is 5.49. The molecule has 2 N–H and O–H groups in total. The highest BCUT2D eigenvalue weighted by Gasteiger charge is 2.20. The number of carbonyl (C=O) groups is 1. The van der Waals surface area contributed by atoms with Crippen LogP contribution in [0, 0.1) is 11.3 Å². The summed E-state index contributed by atoms with van der Waals surface area (Å²) in [5.74, 6) is 1.64. The van der Waals surface area contributed by atoms with E-state index in [0.29, 0.717) is 40.9 Å². The number of hydrogen-bond donors (Lipinski definition) is 2. The molecule has 0 fully saturated rings. The number of pyridine rings is 1. The largest absolute Gasteiger partial charge is 0.489 e. The Morgan fingerprint density at radius 3 is 2.49 bits per heavy atom. The Hall–Kier alpha value is -4.83. The number of nitrogens with zero attached hydrogens (tertiary/aromatic N) is 2. The molecule has 0 radical (unpaired) electrons. The Morgan fingerprint density at radius 1 is 0.946 bits per heavy atom. The number of amides is 2. The molecule has 0 spiro atoms. The summed E-state index contributed by atoms with van der Waals surface area (Å²) < 4.78 is 11.9. The van der Waals surface area contributed by atoms with E-state index in [1.807, 2.05) is 36.4 Å². The van der Waals surface area contributed by atoms with E-state index in [0.717, 1.165) is 11.1 Å². The first-order chi connectivity index (χ1) is 17.8. The van der Waals surface area contributed by atoms with Crippen LogP contribution in [0.2, 0.25) is 0 Å². The predicted molar refractivity (Wildman–Crippen MR) is 144 cm³/mol. The Morgan fingerprint density at radius 2 is 1.73 bits per heavy atom. The second kappa shape index (κ2) is 11.3. The van der Waals surface area contributed by atoms with Crippen molar-refractivity contribution in [3.05, 3.63) is 108 Å². The molecule has 1 heterocycles. The van der Waals surface area contributed by atoms with E-state index in [1.165, 1.54) is 0 Å². The van der Waals surface area contributed by atoms with Gasteiger partial charge in [-0.1, -0.05) is 51.1 Å². The SMILES string of the molecule is CC(C)(C)c1ccccc1Oc1ncccc1NC(=O)Nc1ccc(OCc2cccc(C#N)c2)cc1. The zero-order chi connectivity index (χ0) is 26.3. The zero-order valence-corrected chi connectivity index (χ0v) is 21.0. The molecule has 0 aliphatic carbocycles. The van der Waals surface area contributed by atoms with E-state index in [1.54, 1.807) is 54.7 Å². The predicted octanol–water partition coefficient (Wildman–Crippen LogP) is 7.27. The molecule has 0 saturated heterocycles. The van der Waals surface area contributed by atoms with Gasteiger partial charge >= 0.3 is 6.03 Å². The van der Waals surface area contributed by atoms with Gasteiger partial charge in [0.1, 0.15) is 23.8 Å². The quantitative estimate of drug-likeness (QED) is 0.283. The topological polar surface area (TPSA) is 96.3 Å². The van der Waals surface area contributed by atoms with E-state index in [9.17, 15) is 4.79 Å². The summed E-state index contributed by atoms with van der Waals surface area (Å²) >= 11 is 0. The van der Waals surface area contributed by atoms with Crippen molar-refractivity contribution in [1.29, 1.82) is 5.26 Å². The highest BCUT2D eigenvalue weighted by Crippen LogP contribution is 2.35. The number of para-hydroxylation sites is 1. The molecule has 7 heteroatoms. The summed E-state index contributed by atoms with van der Waals surface area (Å²) in [5.41, 5.74) is 3.46. The van der Waals surface area contributed by atoms with Gasteiger partial charge in [-0.15, -0.1) is 0 Å². The molecule has 37 heavy (non-hydrogen) atoms. The highest BCUT2D eigenvalue weighted by atomic mass is 16.5. The molecule has 0 bridgehead atoms. The van der Waals surface area contributed by atoms with Crippen molar-refractivity contribution in [2.75, 3.05) is 10.6 Å². The summed E-state index contributed by atoms with van der Waals surface area (Å²) in [5, 5.41) is 14.6. The van der Waals surface area contributed by atoms with Gasteiger partial charge in [-0.05, 0) is 65.6 Å². The van der Waals surface area contributed by atoms with Gasteiger partial charge in [0.05, 0.1) is 11.6 Å². The van der Waals surface area contributed by atoms with Crippen LogP contribution < -0.4 is 20.1 Å². The molecule has 7 nitrogen and oxygen atoms in total. The fourth-order valence-electron chi connectivity index (χ4n) is 3.66. The maximum atomic E-state index is 12.7. The molecule has 0 saturated carbocycles. The monoisotopic (exact) mass is 492 g/mol. The Labute approximate surface area is 216 Å². The van der Waals surface area contributed by atoms with Crippen molar-refractivity contribution in [3.8, 4) is 23.4 Å². The van der Waals surface area contributed by atoms with Crippen LogP contribution >= 0.6 is 0 Å². The average molecular weight is 493 g/mol. The molecule has 2 amide bonds. The highest BCUT2D eigenvalue weighted by molar-refractivity contribution is 6.00. The van der Waals surface area contributed by atoms with Crippen molar-refractivity contribution >= 4 is 17.4 Å². The maximum Gasteiger partial charge on any atom is 0.323 e. The summed E-state index contributed by atoms with van der Waals surface area (Å²) in [6.07, 6.45) is 1.62. The minimum Gasteiger partial charge on any atom is -0.489 e. The lowest BCUT2D eigenvalue weighted by Crippen LogP contribution is -2.20. The van der Waals surface area contributed by atoms with Gasteiger partial charge in [-0.2, -0.15) is 5.26 Å². The van der Waals surface area contributed by atoms with Crippen molar-refractivity contribution in [3.63, 3.8) is 0 Å². The second-order valence-electron chi connectivity index (χ2n) is 9.41. The normalized spacial score (nSPS) is 10.8. The first kappa shape index (κ1) is 25.3. The number of nitriles is 1. The molecular formula is C30H28N4O3. The smallest absolute Gasteiger partial charge is 0.323 e. The van der Waals surface area contributed by atoms with Gasteiger partial charge in [0.15, 0.2) is 0 Å². The van der Waals surface area contributed by atoms with Crippen LogP contribution in [0.4, 0.5) is 16.2 Å². The molecule has 0 aliphatic rings. The van der Waals surface area contributed by atoms with Crippen LogP contribution in [-0.4, -0.2) is 11.0 Å².